The van der Waals surface area contributed by atoms with Crippen molar-refractivity contribution in [3.63, 3.8) is 0 Å². The number of rotatable bonds is 2. The second-order valence-electron chi connectivity index (χ2n) is 7.23. The Hall–Kier alpha value is -1.70. The van der Waals surface area contributed by atoms with Crippen molar-refractivity contribution in [2.75, 3.05) is 4.90 Å². The normalized spacial score (nSPS) is 29.6. The second kappa shape index (κ2) is 6.97. The van der Waals surface area contributed by atoms with Crippen LogP contribution in [0.3, 0.4) is 0 Å². The number of anilines is 1. The lowest BCUT2D eigenvalue weighted by Gasteiger charge is -2.37. The average Bonchev–Trinajstić information content (AvgIpc) is 3.29. The van der Waals surface area contributed by atoms with Gasteiger partial charge in [0, 0.05) is 21.4 Å². The first-order chi connectivity index (χ1) is 13.5. The number of alkyl halides is 1. The van der Waals surface area contributed by atoms with Crippen molar-refractivity contribution >= 4 is 55.7 Å². The van der Waals surface area contributed by atoms with Crippen LogP contribution >= 0.6 is 38.9 Å². The van der Waals surface area contributed by atoms with E-state index in [4.69, 9.17) is 16.3 Å². The molecule has 1 amide bonds. The van der Waals surface area contributed by atoms with Gasteiger partial charge in [-0.2, -0.15) is 0 Å². The summed E-state index contributed by atoms with van der Waals surface area (Å²) < 4.78 is 6.15. The largest absolute Gasteiger partial charge is 0.483 e. The maximum Gasteiger partial charge on any atom is 0.296 e. The molecule has 8 heteroatoms. The fourth-order valence-corrected chi connectivity index (χ4v) is 5.87. The minimum atomic E-state index is -0.573. The first kappa shape index (κ1) is 18.3. The van der Waals surface area contributed by atoms with E-state index in [1.807, 2.05) is 17.5 Å². The van der Waals surface area contributed by atoms with E-state index in [0.717, 1.165) is 18.4 Å². The first-order valence-electron chi connectivity index (χ1n) is 9.12. The van der Waals surface area contributed by atoms with Crippen molar-refractivity contribution in [3.05, 3.63) is 57.8 Å². The van der Waals surface area contributed by atoms with Gasteiger partial charge < -0.3 is 4.74 Å². The zero-order valence-corrected chi connectivity index (χ0v) is 17.8. The van der Waals surface area contributed by atoms with Crippen LogP contribution < -0.4 is 4.90 Å². The highest BCUT2D eigenvalue weighted by atomic mass is 79.9. The summed E-state index contributed by atoms with van der Waals surface area (Å²) in [7, 11) is 0. The molecule has 5 rings (SSSR count). The van der Waals surface area contributed by atoms with Gasteiger partial charge in [0.2, 0.25) is 0 Å². The van der Waals surface area contributed by atoms with Crippen molar-refractivity contribution in [1.29, 1.82) is 0 Å². The van der Waals surface area contributed by atoms with Gasteiger partial charge in [-0.15, -0.1) is 11.3 Å². The lowest BCUT2D eigenvalue weighted by molar-refractivity contribution is -0.131. The van der Waals surface area contributed by atoms with Gasteiger partial charge in [0.1, 0.15) is 6.10 Å². The average molecular weight is 480 g/mol. The Morgan fingerprint density at radius 1 is 1.29 bits per heavy atom. The van der Waals surface area contributed by atoms with Gasteiger partial charge in [-0.3, -0.25) is 14.5 Å². The monoisotopic (exact) mass is 478 g/mol. The number of ketones is 1. The predicted octanol–water partition coefficient (Wildman–Crippen LogP) is 4.67. The molecule has 1 aromatic heterocycles. The Labute approximate surface area is 179 Å². The third-order valence-corrected chi connectivity index (χ3v) is 7.41. The first-order valence-corrected chi connectivity index (χ1v) is 11.3. The zero-order valence-electron chi connectivity index (χ0n) is 14.7. The Morgan fingerprint density at radius 2 is 2.14 bits per heavy atom. The van der Waals surface area contributed by atoms with Crippen LogP contribution in [-0.2, 0) is 14.3 Å². The van der Waals surface area contributed by atoms with Crippen LogP contribution in [0.1, 0.15) is 30.9 Å². The van der Waals surface area contributed by atoms with Crippen LogP contribution in [0.25, 0.3) is 0 Å². The topological polar surface area (TPSA) is 59.5 Å². The quantitative estimate of drug-likeness (QED) is 0.587. The SMILES string of the molecule is O=C1C2=C(OC3CCC(Br)CC13)C(=O)N(c1nccs1)C2c1cccc(Cl)c1. The number of halogens is 2. The van der Waals surface area contributed by atoms with Crippen molar-refractivity contribution in [2.24, 2.45) is 5.92 Å². The second-order valence-corrected chi connectivity index (χ2v) is 9.83. The zero-order chi connectivity index (χ0) is 19.4. The summed E-state index contributed by atoms with van der Waals surface area (Å²) in [6.45, 7) is 0. The molecule has 2 aliphatic heterocycles. The molecule has 1 aromatic carbocycles. The van der Waals surface area contributed by atoms with Crippen LogP contribution in [0.2, 0.25) is 5.02 Å². The molecule has 3 heterocycles. The number of amides is 1. The van der Waals surface area contributed by atoms with E-state index in [1.54, 1.807) is 23.2 Å². The number of thiazole rings is 1. The molecule has 0 bridgehead atoms. The lowest BCUT2D eigenvalue weighted by atomic mass is 9.77. The molecule has 3 aliphatic rings. The van der Waals surface area contributed by atoms with Gasteiger partial charge >= 0.3 is 0 Å². The molecule has 1 fully saturated rings. The molecule has 0 radical (unpaired) electrons. The summed E-state index contributed by atoms with van der Waals surface area (Å²) in [6.07, 6.45) is 3.82. The van der Waals surface area contributed by atoms with Gasteiger partial charge in [0.25, 0.3) is 5.91 Å². The van der Waals surface area contributed by atoms with Gasteiger partial charge in [-0.05, 0) is 37.0 Å². The highest BCUT2D eigenvalue weighted by Crippen LogP contribution is 2.49. The van der Waals surface area contributed by atoms with E-state index in [0.29, 0.717) is 27.0 Å². The Balaban J connectivity index is 1.65. The Morgan fingerprint density at radius 3 is 2.89 bits per heavy atom. The number of hydrogen-bond donors (Lipinski definition) is 0. The number of aromatic nitrogens is 1. The smallest absolute Gasteiger partial charge is 0.296 e. The maximum absolute atomic E-state index is 13.5. The van der Waals surface area contributed by atoms with Crippen molar-refractivity contribution in [2.45, 2.75) is 36.2 Å². The number of fused-ring (bicyclic) bond motifs is 1. The summed E-state index contributed by atoms with van der Waals surface area (Å²) in [5.41, 5.74) is 1.22. The maximum atomic E-state index is 13.5. The number of carbonyl (C=O) groups is 2. The molecule has 4 unspecified atom stereocenters. The van der Waals surface area contributed by atoms with Crippen LogP contribution in [-0.4, -0.2) is 27.6 Å². The molecule has 5 nitrogen and oxygen atoms in total. The molecular formula is C20H16BrClN2O3S. The summed E-state index contributed by atoms with van der Waals surface area (Å²) in [5, 5.41) is 2.91. The summed E-state index contributed by atoms with van der Waals surface area (Å²) in [6, 6.07) is 6.71. The summed E-state index contributed by atoms with van der Waals surface area (Å²) in [5.74, 6) is -0.350. The molecule has 2 aromatic rings. The third kappa shape index (κ3) is 2.83. The molecular weight excluding hydrogens is 464 g/mol. The Bertz CT molecular complexity index is 993. The molecule has 0 saturated heterocycles. The van der Waals surface area contributed by atoms with Gasteiger partial charge in [0.15, 0.2) is 16.7 Å². The highest BCUT2D eigenvalue weighted by Gasteiger charge is 2.53. The minimum Gasteiger partial charge on any atom is -0.483 e. The number of benzene rings is 1. The van der Waals surface area contributed by atoms with E-state index in [9.17, 15) is 9.59 Å². The van der Waals surface area contributed by atoms with Gasteiger partial charge in [-0.25, -0.2) is 4.98 Å². The molecule has 0 spiro atoms. The van der Waals surface area contributed by atoms with E-state index in [-0.39, 0.29) is 29.5 Å². The van der Waals surface area contributed by atoms with Crippen molar-refractivity contribution in [3.8, 4) is 0 Å². The molecule has 144 valence electrons. The van der Waals surface area contributed by atoms with Crippen LogP contribution in [0.4, 0.5) is 5.13 Å². The van der Waals surface area contributed by atoms with Gasteiger partial charge in [0.05, 0.1) is 17.5 Å². The molecule has 4 atom stereocenters. The fourth-order valence-electron chi connectivity index (χ4n) is 4.34. The van der Waals surface area contributed by atoms with Crippen LogP contribution in [0.15, 0.2) is 47.2 Å². The number of ether oxygens (including phenoxy) is 1. The lowest BCUT2D eigenvalue weighted by Crippen LogP contribution is -2.41. The molecule has 0 N–H and O–H groups in total. The molecule has 1 saturated carbocycles. The number of carbonyl (C=O) groups excluding carboxylic acids is 2. The highest BCUT2D eigenvalue weighted by molar-refractivity contribution is 9.09. The number of Topliss-reactive ketones (excluding diaryl/α,β-unsaturated/α-hetero) is 1. The van der Waals surface area contributed by atoms with E-state index in [1.165, 1.54) is 11.3 Å². The predicted molar refractivity (Wildman–Crippen MR) is 111 cm³/mol. The number of nitrogens with zero attached hydrogens (tertiary/aromatic N) is 2. The van der Waals surface area contributed by atoms with Crippen LogP contribution in [0.5, 0.6) is 0 Å². The third-order valence-electron chi connectivity index (χ3n) is 5.57. The van der Waals surface area contributed by atoms with E-state index >= 15 is 0 Å². The fraction of sp³-hybridized carbons (Fsp3) is 0.350. The number of hydrogen-bond acceptors (Lipinski definition) is 5. The summed E-state index contributed by atoms with van der Waals surface area (Å²) in [4.78, 5) is 33.0. The molecule has 28 heavy (non-hydrogen) atoms. The molecule has 1 aliphatic carbocycles. The van der Waals surface area contributed by atoms with Gasteiger partial charge in [-0.1, -0.05) is 39.7 Å². The minimum absolute atomic E-state index is 0.00721. The van der Waals surface area contributed by atoms with Crippen molar-refractivity contribution in [1.82, 2.24) is 4.98 Å². The summed E-state index contributed by atoms with van der Waals surface area (Å²) >= 11 is 11.2. The Kier molecular flexibility index (Phi) is 4.56. The van der Waals surface area contributed by atoms with Crippen molar-refractivity contribution < 1.29 is 14.3 Å². The standard InChI is InChI=1S/C20H16BrClN2O3S/c21-11-4-5-14-13(9-11)17(25)15-16(10-2-1-3-12(22)8-10)24(19(26)18(15)27-14)20-23-6-7-28-20/h1-3,6-8,11,13-14,16H,4-5,9H2. The van der Waals surface area contributed by atoms with E-state index < -0.39 is 6.04 Å². The van der Waals surface area contributed by atoms with E-state index in [2.05, 4.69) is 20.9 Å². The van der Waals surface area contributed by atoms with Crippen LogP contribution in [0, 0.1) is 5.92 Å².